The summed E-state index contributed by atoms with van der Waals surface area (Å²) in [4.78, 5) is 11.3. The van der Waals surface area contributed by atoms with E-state index in [2.05, 4.69) is 30.5 Å². The van der Waals surface area contributed by atoms with Gasteiger partial charge in [0.2, 0.25) is 0 Å². The minimum atomic E-state index is -0.349. The summed E-state index contributed by atoms with van der Waals surface area (Å²) in [6, 6.07) is 14.9. The van der Waals surface area contributed by atoms with E-state index in [1.807, 2.05) is 12.1 Å². The van der Waals surface area contributed by atoms with Crippen LogP contribution in [0.15, 0.2) is 48.5 Å². The van der Waals surface area contributed by atoms with E-state index in [9.17, 15) is 4.79 Å². The largest absolute Gasteiger partial charge is 0.465 e. The molecule has 21 heavy (non-hydrogen) atoms. The van der Waals surface area contributed by atoms with Gasteiger partial charge in [-0.3, -0.25) is 0 Å². The van der Waals surface area contributed by atoms with Gasteiger partial charge in [-0.15, -0.1) is 0 Å². The summed E-state index contributed by atoms with van der Waals surface area (Å²) in [5, 5.41) is 0. The Morgan fingerprint density at radius 3 is 1.81 bits per heavy atom. The molecule has 0 saturated carbocycles. The Hall–Kier alpha value is -2.23. The van der Waals surface area contributed by atoms with Crippen molar-refractivity contribution in [1.82, 2.24) is 0 Å². The highest BCUT2D eigenvalue weighted by Gasteiger charge is 2.06. The Morgan fingerprint density at radius 2 is 1.38 bits per heavy atom. The number of carbonyl (C=O) groups is 1. The summed E-state index contributed by atoms with van der Waals surface area (Å²) in [6.07, 6.45) is 0. The van der Waals surface area contributed by atoms with E-state index in [1.54, 1.807) is 24.3 Å². The van der Waals surface area contributed by atoms with Gasteiger partial charge in [0.15, 0.2) is 6.71 Å². The molecule has 0 aliphatic heterocycles. The lowest BCUT2D eigenvalue weighted by atomic mass is 9.49. The van der Waals surface area contributed by atoms with Crippen LogP contribution >= 0.6 is 0 Å². The Labute approximate surface area is 127 Å². The molecule has 0 unspecified atom stereocenters. The fourth-order valence-corrected chi connectivity index (χ4v) is 1.83. The van der Waals surface area contributed by atoms with Crippen molar-refractivity contribution in [2.45, 2.75) is 21.1 Å². The van der Waals surface area contributed by atoms with Crippen LogP contribution in [-0.2, 0) is 4.74 Å². The van der Waals surface area contributed by atoms with Gasteiger partial charge in [0.1, 0.15) is 11.5 Å². The molecule has 0 fully saturated rings. The van der Waals surface area contributed by atoms with E-state index in [4.69, 9.17) is 4.74 Å². The average molecular weight is 284 g/mol. The van der Waals surface area contributed by atoms with Crippen LogP contribution in [0.2, 0.25) is 13.6 Å². The molecule has 0 radical (unpaired) electrons. The molecule has 0 atom stereocenters. The summed E-state index contributed by atoms with van der Waals surface area (Å²) in [6.45, 7) is 4.81. The van der Waals surface area contributed by atoms with Gasteiger partial charge in [0.25, 0.3) is 0 Å². The van der Waals surface area contributed by atoms with Gasteiger partial charge in [-0.1, -0.05) is 38.7 Å². The molecular formula is C17H21BO3. The first-order valence-corrected chi connectivity index (χ1v) is 6.56. The standard InChI is InChI=1S/C16H17BO3.CH4/c1-17(2)13-6-10-15(11-7-13)20-14-8-4-12(5-9-14)16(18)19-3;/h4-11H,1-3H3;1H4. The molecule has 2 aromatic carbocycles. The number of esters is 1. The van der Waals surface area contributed by atoms with E-state index in [0.29, 0.717) is 18.0 Å². The van der Waals surface area contributed by atoms with E-state index in [-0.39, 0.29) is 13.4 Å². The van der Waals surface area contributed by atoms with Crippen LogP contribution in [0.3, 0.4) is 0 Å². The highest BCUT2D eigenvalue weighted by molar-refractivity contribution is 6.70. The SMILES string of the molecule is C.COC(=O)c1ccc(Oc2ccc(B(C)C)cc2)cc1. The number of hydrogen-bond donors (Lipinski definition) is 0. The third-order valence-corrected chi connectivity index (χ3v) is 3.06. The quantitative estimate of drug-likeness (QED) is 0.631. The first-order valence-electron chi connectivity index (χ1n) is 6.56. The predicted octanol–water partition coefficient (Wildman–Crippen LogP) is 3.86. The Balaban J connectivity index is 0.00000220. The third kappa shape index (κ3) is 4.38. The average Bonchev–Trinajstić information content (AvgIpc) is 2.48. The second-order valence-electron chi connectivity index (χ2n) is 4.84. The molecule has 2 rings (SSSR count). The maximum Gasteiger partial charge on any atom is 0.337 e. The van der Waals surface area contributed by atoms with Crippen molar-refractivity contribution in [1.29, 1.82) is 0 Å². The first kappa shape index (κ1) is 16.8. The number of ether oxygens (including phenoxy) is 2. The molecule has 0 aliphatic rings. The predicted molar refractivity (Wildman–Crippen MR) is 88.1 cm³/mol. The summed E-state index contributed by atoms with van der Waals surface area (Å²) in [7, 11) is 1.36. The number of methoxy groups -OCH3 is 1. The highest BCUT2D eigenvalue weighted by Crippen LogP contribution is 2.21. The van der Waals surface area contributed by atoms with Crippen molar-refractivity contribution >= 4 is 18.1 Å². The molecule has 0 aromatic heterocycles. The Morgan fingerprint density at radius 1 is 0.905 bits per heavy atom. The molecule has 3 nitrogen and oxygen atoms in total. The second kappa shape index (κ2) is 7.53. The number of carbonyl (C=O) groups excluding carboxylic acids is 1. The zero-order valence-electron chi connectivity index (χ0n) is 11.9. The molecular weight excluding hydrogens is 263 g/mol. The third-order valence-electron chi connectivity index (χ3n) is 3.06. The van der Waals surface area contributed by atoms with Crippen molar-refractivity contribution in [3.63, 3.8) is 0 Å². The van der Waals surface area contributed by atoms with Gasteiger partial charge >= 0.3 is 5.97 Å². The minimum Gasteiger partial charge on any atom is -0.465 e. The Bertz CT molecular complexity index is 574. The van der Waals surface area contributed by atoms with Gasteiger partial charge in [-0.05, 0) is 36.4 Å². The summed E-state index contributed by atoms with van der Waals surface area (Å²) in [5.41, 5.74) is 1.79. The Kier molecular flexibility index (Phi) is 6.03. The molecule has 0 spiro atoms. The molecule has 0 N–H and O–H groups in total. The molecule has 110 valence electrons. The lowest BCUT2D eigenvalue weighted by Gasteiger charge is -2.08. The lowest BCUT2D eigenvalue weighted by molar-refractivity contribution is 0.0600. The van der Waals surface area contributed by atoms with Crippen molar-refractivity contribution in [3.8, 4) is 11.5 Å². The van der Waals surface area contributed by atoms with Gasteiger partial charge in [-0.25, -0.2) is 4.79 Å². The van der Waals surface area contributed by atoms with E-state index < -0.39 is 0 Å². The monoisotopic (exact) mass is 284 g/mol. The topological polar surface area (TPSA) is 35.5 Å². The van der Waals surface area contributed by atoms with Crippen LogP contribution in [-0.4, -0.2) is 19.8 Å². The summed E-state index contributed by atoms with van der Waals surface area (Å²) in [5.74, 6) is 1.12. The normalized spacial score (nSPS) is 9.48. The maximum absolute atomic E-state index is 11.3. The highest BCUT2D eigenvalue weighted by atomic mass is 16.5. The molecule has 0 heterocycles. The van der Waals surface area contributed by atoms with Crippen molar-refractivity contribution in [3.05, 3.63) is 54.1 Å². The molecule has 0 saturated heterocycles. The summed E-state index contributed by atoms with van der Waals surface area (Å²) >= 11 is 0. The lowest BCUT2D eigenvalue weighted by Crippen LogP contribution is -2.21. The molecule has 0 aliphatic carbocycles. The van der Waals surface area contributed by atoms with Crippen LogP contribution < -0.4 is 10.2 Å². The number of benzene rings is 2. The maximum atomic E-state index is 11.3. The molecule has 2 aromatic rings. The fourth-order valence-electron chi connectivity index (χ4n) is 1.83. The second-order valence-corrected chi connectivity index (χ2v) is 4.84. The van der Waals surface area contributed by atoms with Gasteiger partial charge in [0.05, 0.1) is 12.7 Å². The van der Waals surface area contributed by atoms with Crippen LogP contribution in [0, 0.1) is 0 Å². The number of rotatable bonds is 4. The molecule has 0 amide bonds. The smallest absolute Gasteiger partial charge is 0.337 e. The van der Waals surface area contributed by atoms with Gasteiger partial charge in [0, 0.05) is 0 Å². The van der Waals surface area contributed by atoms with Crippen LogP contribution in [0.4, 0.5) is 0 Å². The summed E-state index contributed by atoms with van der Waals surface area (Å²) < 4.78 is 10.4. The molecule has 4 heteroatoms. The van der Waals surface area contributed by atoms with Crippen LogP contribution in [0.25, 0.3) is 0 Å². The van der Waals surface area contributed by atoms with Gasteiger partial charge in [-0.2, -0.15) is 0 Å². The zero-order chi connectivity index (χ0) is 14.5. The number of hydrogen-bond acceptors (Lipinski definition) is 3. The fraction of sp³-hybridized carbons (Fsp3) is 0.235. The van der Waals surface area contributed by atoms with E-state index >= 15 is 0 Å². The van der Waals surface area contributed by atoms with Gasteiger partial charge < -0.3 is 9.47 Å². The van der Waals surface area contributed by atoms with Crippen molar-refractivity contribution < 1.29 is 14.3 Å². The van der Waals surface area contributed by atoms with Crippen molar-refractivity contribution in [2.75, 3.05) is 7.11 Å². The van der Waals surface area contributed by atoms with Crippen LogP contribution in [0.5, 0.6) is 11.5 Å². The molecule has 0 bridgehead atoms. The zero-order valence-corrected chi connectivity index (χ0v) is 11.9. The van der Waals surface area contributed by atoms with Crippen molar-refractivity contribution in [2.24, 2.45) is 0 Å². The first-order chi connectivity index (χ1) is 9.60. The van der Waals surface area contributed by atoms with E-state index in [1.165, 1.54) is 12.6 Å². The van der Waals surface area contributed by atoms with Crippen LogP contribution in [0.1, 0.15) is 17.8 Å². The van der Waals surface area contributed by atoms with E-state index in [0.717, 1.165) is 5.75 Å². The minimum absolute atomic E-state index is 0.